The number of carbonyl (C=O) groups is 2. The Morgan fingerprint density at radius 1 is 0.974 bits per heavy atom. The van der Waals surface area contributed by atoms with Gasteiger partial charge in [0.2, 0.25) is 0 Å². The van der Waals surface area contributed by atoms with Crippen LogP contribution in [-0.4, -0.2) is 37.0 Å². The number of carboxylic acid groups (broad SMARTS) is 1. The number of aliphatic carboxylic acids is 1. The fourth-order valence-corrected chi connectivity index (χ4v) is 3.73. The van der Waals surface area contributed by atoms with E-state index >= 15 is 0 Å². The molecule has 0 radical (unpaired) electrons. The van der Waals surface area contributed by atoms with Gasteiger partial charge in [0.25, 0.3) is 0 Å². The van der Waals surface area contributed by atoms with Gasteiger partial charge in [-0.05, 0) is 56.7 Å². The second-order valence-corrected chi connectivity index (χ2v) is 9.54. The number of aromatic nitrogens is 3. The molecule has 1 heterocycles. The van der Waals surface area contributed by atoms with Gasteiger partial charge >= 0.3 is 17.6 Å². The van der Waals surface area contributed by atoms with Gasteiger partial charge in [0, 0.05) is 5.56 Å². The highest BCUT2D eigenvalue weighted by atomic mass is 19.1. The van der Waals surface area contributed by atoms with Crippen molar-refractivity contribution in [1.29, 1.82) is 0 Å². The summed E-state index contributed by atoms with van der Waals surface area (Å²) < 4.78 is 27.8. The minimum Gasteiger partial charge on any atom is -0.478 e. The largest absolute Gasteiger partial charge is 0.478 e. The Kier molecular flexibility index (Phi) is 7.94. The van der Waals surface area contributed by atoms with Gasteiger partial charge in [0.1, 0.15) is 11.6 Å². The predicted molar refractivity (Wildman–Crippen MR) is 140 cm³/mol. The first-order chi connectivity index (χ1) is 18.5. The Labute approximate surface area is 224 Å². The minimum atomic E-state index is -1.44. The fraction of sp³-hybridized carbons (Fsp3) is 0.241. The number of ether oxygens (including phenoxy) is 2. The van der Waals surface area contributed by atoms with Gasteiger partial charge in [-0.2, -0.15) is 5.10 Å². The van der Waals surface area contributed by atoms with E-state index in [-0.39, 0.29) is 36.8 Å². The maximum Gasteiger partial charge on any atom is 0.347 e. The molecule has 0 atom stereocenters. The first-order valence-electron chi connectivity index (χ1n) is 12.2. The first kappa shape index (κ1) is 27.3. The normalized spacial score (nSPS) is 11.3. The SMILES string of the molecule is Cc1ccc(Cn2nc(COC(=O)c3ccc(OC(C)(C)C(=O)O)cc3)n(Cc3ccccc3F)c2=O)cc1. The Morgan fingerprint density at radius 3 is 2.28 bits per heavy atom. The molecule has 1 aromatic heterocycles. The topological polar surface area (TPSA) is 113 Å². The average Bonchev–Trinajstić information content (AvgIpc) is 3.19. The molecule has 10 heteroatoms. The van der Waals surface area contributed by atoms with Crippen LogP contribution in [-0.2, 0) is 29.2 Å². The number of hydrogen-bond acceptors (Lipinski definition) is 6. The van der Waals surface area contributed by atoms with Crippen LogP contribution < -0.4 is 10.4 Å². The van der Waals surface area contributed by atoms with Crippen LogP contribution in [0.15, 0.2) is 77.6 Å². The minimum absolute atomic E-state index is 0.0856. The first-order valence-corrected chi connectivity index (χ1v) is 12.2. The van der Waals surface area contributed by atoms with Crippen molar-refractivity contribution in [3.63, 3.8) is 0 Å². The third-order valence-corrected chi connectivity index (χ3v) is 6.05. The van der Waals surface area contributed by atoms with Crippen LogP contribution in [0.2, 0.25) is 0 Å². The molecule has 0 bridgehead atoms. The molecular weight excluding hydrogens is 505 g/mol. The van der Waals surface area contributed by atoms with Crippen LogP contribution in [0.5, 0.6) is 5.75 Å². The molecule has 0 saturated heterocycles. The van der Waals surface area contributed by atoms with E-state index in [0.717, 1.165) is 11.1 Å². The lowest BCUT2D eigenvalue weighted by Crippen LogP contribution is -2.37. The summed E-state index contributed by atoms with van der Waals surface area (Å²) in [6.45, 7) is 4.57. The summed E-state index contributed by atoms with van der Waals surface area (Å²) in [5.74, 6) is -1.85. The van der Waals surface area contributed by atoms with E-state index in [4.69, 9.17) is 9.47 Å². The number of halogens is 1. The highest BCUT2D eigenvalue weighted by Crippen LogP contribution is 2.20. The predicted octanol–water partition coefficient (Wildman–Crippen LogP) is 4.19. The van der Waals surface area contributed by atoms with Crippen molar-refractivity contribution in [3.8, 4) is 5.75 Å². The van der Waals surface area contributed by atoms with Gasteiger partial charge in [0.15, 0.2) is 18.0 Å². The zero-order valence-electron chi connectivity index (χ0n) is 21.8. The van der Waals surface area contributed by atoms with E-state index in [1.165, 1.54) is 53.4 Å². The van der Waals surface area contributed by atoms with Crippen LogP contribution >= 0.6 is 0 Å². The van der Waals surface area contributed by atoms with Crippen molar-refractivity contribution in [1.82, 2.24) is 14.3 Å². The highest BCUT2D eigenvalue weighted by Gasteiger charge is 2.29. The second-order valence-electron chi connectivity index (χ2n) is 9.54. The molecule has 0 fully saturated rings. The maximum absolute atomic E-state index is 14.4. The molecule has 0 saturated carbocycles. The van der Waals surface area contributed by atoms with E-state index in [9.17, 15) is 23.9 Å². The van der Waals surface area contributed by atoms with E-state index in [2.05, 4.69) is 5.10 Å². The zero-order chi connectivity index (χ0) is 28.2. The molecule has 39 heavy (non-hydrogen) atoms. The van der Waals surface area contributed by atoms with E-state index in [1.54, 1.807) is 18.2 Å². The van der Waals surface area contributed by atoms with Gasteiger partial charge in [0.05, 0.1) is 18.7 Å². The number of carboxylic acids is 1. The molecule has 0 aliphatic heterocycles. The third-order valence-electron chi connectivity index (χ3n) is 6.05. The van der Waals surface area contributed by atoms with Crippen molar-refractivity contribution in [2.45, 2.75) is 46.1 Å². The molecule has 9 nitrogen and oxygen atoms in total. The number of hydrogen-bond donors (Lipinski definition) is 1. The van der Waals surface area contributed by atoms with Gasteiger partial charge in [-0.3, -0.25) is 4.57 Å². The van der Waals surface area contributed by atoms with Crippen molar-refractivity contribution in [2.75, 3.05) is 0 Å². The lowest BCUT2D eigenvalue weighted by Gasteiger charge is -2.21. The van der Waals surface area contributed by atoms with Gasteiger partial charge < -0.3 is 14.6 Å². The number of carbonyl (C=O) groups excluding carboxylic acids is 1. The number of nitrogens with zero attached hydrogens (tertiary/aromatic N) is 3. The van der Waals surface area contributed by atoms with Crippen LogP contribution in [0.4, 0.5) is 4.39 Å². The van der Waals surface area contributed by atoms with E-state index in [1.807, 2.05) is 31.2 Å². The molecule has 0 aliphatic carbocycles. The molecular formula is C29H28FN3O6. The molecule has 3 aromatic carbocycles. The van der Waals surface area contributed by atoms with Crippen molar-refractivity contribution in [2.24, 2.45) is 0 Å². The molecule has 0 amide bonds. The highest BCUT2D eigenvalue weighted by molar-refractivity contribution is 5.89. The third kappa shape index (κ3) is 6.59. The lowest BCUT2D eigenvalue weighted by molar-refractivity contribution is -0.152. The van der Waals surface area contributed by atoms with Gasteiger partial charge in [-0.1, -0.05) is 48.0 Å². The Bertz CT molecular complexity index is 1540. The summed E-state index contributed by atoms with van der Waals surface area (Å²) in [5.41, 5.74) is 0.512. The van der Waals surface area contributed by atoms with Crippen molar-refractivity contribution in [3.05, 3.63) is 117 Å². The summed E-state index contributed by atoms with van der Waals surface area (Å²) in [5, 5.41) is 13.6. The molecule has 1 N–H and O–H groups in total. The van der Waals surface area contributed by atoms with Crippen LogP contribution in [0.25, 0.3) is 0 Å². The van der Waals surface area contributed by atoms with Gasteiger partial charge in [-0.25, -0.2) is 23.5 Å². The summed E-state index contributed by atoms with van der Waals surface area (Å²) in [4.78, 5) is 37.2. The monoisotopic (exact) mass is 533 g/mol. The molecule has 0 spiro atoms. The smallest absolute Gasteiger partial charge is 0.347 e. The number of esters is 1. The molecule has 0 unspecified atom stereocenters. The Hall–Kier alpha value is -4.73. The number of benzene rings is 3. The molecule has 4 aromatic rings. The summed E-state index contributed by atoms with van der Waals surface area (Å²) in [6.07, 6.45) is 0. The fourth-order valence-electron chi connectivity index (χ4n) is 3.73. The van der Waals surface area contributed by atoms with Crippen LogP contribution in [0, 0.1) is 12.7 Å². The van der Waals surface area contributed by atoms with E-state index < -0.39 is 29.0 Å². The zero-order valence-corrected chi connectivity index (χ0v) is 21.8. The van der Waals surface area contributed by atoms with Crippen molar-refractivity contribution < 1.29 is 28.6 Å². The summed E-state index contributed by atoms with van der Waals surface area (Å²) in [7, 11) is 0. The summed E-state index contributed by atoms with van der Waals surface area (Å²) >= 11 is 0. The van der Waals surface area contributed by atoms with Crippen LogP contribution in [0.1, 0.15) is 46.7 Å². The lowest BCUT2D eigenvalue weighted by atomic mass is 10.1. The Morgan fingerprint density at radius 2 is 1.64 bits per heavy atom. The molecule has 4 rings (SSSR count). The molecule has 0 aliphatic rings. The average molecular weight is 534 g/mol. The van der Waals surface area contributed by atoms with Crippen LogP contribution in [0.3, 0.4) is 0 Å². The van der Waals surface area contributed by atoms with E-state index in [0.29, 0.717) is 5.56 Å². The summed E-state index contributed by atoms with van der Waals surface area (Å²) in [6, 6.07) is 19.6. The number of rotatable bonds is 10. The number of aryl methyl sites for hydroxylation is 1. The second kappa shape index (κ2) is 11.3. The molecule has 202 valence electrons. The van der Waals surface area contributed by atoms with Gasteiger partial charge in [-0.15, -0.1) is 0 Å². The Balaban J connectivity index is 1.54. The van der Waals surface area contributed by atoms with Crippen molar-refractivity contribution >= 4 is 11.9 Å². The standard InChI is InChI=1S/C29H28FN3O6/c1-19-8-10-20(11-9-19)16-33-28(37)32(17-22-6-4-5-7-24(22)30)25(31-33)18-38-26(34)21-12-14-23(15-13-21)39-29(2,3)27(35)36/h4-15H,16-18H2,1-3H3,(H,35,36). The maximum atomic E-state index is 14.4. The quantitative estimate of drug-likeness (QED) is 0.304.